The quantitative estimate of drug-likeness (QED) is 0.434. The van der Waals surface area contributed by atoms with Crippen LogP contribution in [0.25, 0.3) is 0 Å². The number of amidine groups is 1. The van der Waals surface area contributed by atoms with Crippen LogP contribution in [-0.2, 0) is 4.74 Å². The fourth-order valence-electron chi connectivity index (χ4n) is 0.996. The predicted octanol–water partition coefficient (Wildman–Crippen LogP) is 2.10. The summed E-state index contributed by atoms with van der Waals surface area (Å²) in [5.41, 5.74) is 0.831. The van der Waals surface area contributed by atoms with Crippen molar-refractivity contribution < 1.29 is 4.74 Å². The molecule has 0 fully saturated rings. The maximum Gasteiger partial charge on any atom is 0.299 e. The lowest BCUT2D eigenvalue weighted by molar-refractivity contribution is 0.379. The van der Waals surface area contributed by atoms with Gasteiger partial charge in [0.05, 0.1) is 5.69 Å². The number of rotatable bonds is 1. The fourth-order valence-corrected chi connectivity index (χ4v) is 1.07. The van der Waals surface area contributed by atoms with Crippen molar-refractivity contribution in [3.8, 4) is 0 Å². The van der Waals surface area contributed by atoms with Crippen molar-refractivity contribution in [2.75, 3.05) is 28.2 Å². The zero-order chi connectivity index (χ0) is 12.8. The van der Waals surface area contributed by atoms with Gasteiger partial charge >= 0.3 is 0 Å². The summed E-state index contributed by atoms with van der Waals surface area (Å²) in [6.07, 6.45) is 0. The van der Waals surface area contributed by atoms with Crippen molar-refractivity contribution in [3.05, 3.63) is 30.3 Å². The molecular formula is C12H17N3OS. The van der Waals surface area contributed by atoms with Crippen molar-refractivity contribution in [1.82, 2.24) is 9.80 Å². The van der Waals surface area contributed by atoms with Crippen LogP contribution in [0.3, 0.4) is 0 Å². The maximum atomic E-state index is 5.51. The summed E-state index contributed by atoms with van der Waals surface area (Å²) < 4.78 is 5.51. The van der Waals surface area contributed by atoms with Crippen LogP contribution >= 0.6 is 12.2 Å². The second-order valence-corrected chi connectivity index (χ2v) is 4.24. The van der Waals surface area contributed by atoms with Crippen molar-refractivity contribution >= 4 is 29.1 Å². The molecule has 0 amide bonds. The topological polar surface area (TPSA) is 28.1 Å². The van der Waals surface area contributed by atoms with Crippen molar-refractivity contribution in [2.45, 2.75) is 0 Å². The summed E-state index contributed by atoms with van der Waals surface area (Å²) in [6.45, 7) is 0. The molecule has 0 atom stereocenters. The molecule has 0 saturated carbocycles. The van der Waals surface area contributed by atoms with Crippen LogP contribution in [0.4, 0.5) is 5.69 Å². The molecule has 5 heteroatoms. The molecule has 0 unspecified atom stereocenters. The Morgan fingerprint density at radius 1 is 1.06 bits per heavy atom. The minimum absolute atomic E-state index is 0.383. The number of para-hydroxylation sites is 1. The minimum atomic E-state index is 0.383. The number of hydrogen-bond donors (Lipinski definition) is 0. The largest absolute Gasteiger partial charge is 0.398 e. The molecule has 0 N–H and O–H groups in total. The molecule has 92 valence electrons. The highest BCUT2D eigenvalue weighted by Crippen LogP contribution is 2.11. The van der Waals surface area contributed by atoms with Crippen molar-refractivity contribution in [2.24, 2.45) is 4.99 Å². The Hall–Kier alpha value is -1.62. The number of aliphatic imine (C=N–C) groups is 1. The Morgan fingerprint density at radius 2 is 1.65 bits per heavy atom. The third-order valence-corrected chi connectivity index (χ3v) is 2.36. The Morgan fingerprint density at radius 3 is 2.12 bits per heavy atom. The second-order valence-electron chi connectivity index (χ2n) is 3.89. The zero-order valence-electron chi connectivity index (χ0n) is 10.5. The first-order valence-corrected chi connectivity index (χ1v) is 5.61. The van der Waals surface area contributed by atoms with Gasteiger partial charge < -0.3 is 14.5 Å². The van der Waals surface area contributed by atoms with Gasteiger partial charge in [-0.15, -0.1) is 0 Å². The monoisotopic (exact) mass is 251 g/mol. The lowest BCUT2D eigenvalue weighted by Gasteiger charge is -2.19. The fraction of sp³-hybridized carbons (Fsp3) is 0.333. The number of benzene rings is 1. The summed E-state index contributed by atoms with van der Waals surface area (Å²) in [7, 11) is 7.39. The van der Waals surface area contributed by atoms with E-state index in [9.17, 15) is 0 Å². The van der Waals surface area contributed by atoms with E-state index in [1.165, 1.54) is 0 Å². The van der Waals surface area contributed by atoms with Crippen molar-refractivity contribution in [3.63, 3.8) is 0 Å². The van der Waals surface area contributed by atoms with Crippen molar-refractivity contribution in [1.29, 1.82) is 0 Å². The van der Waals surface area contributed by atoms with Crippen LogP contribution < -0.4 is 0 Å². The van der Waals surface area contributed by atoms with E-state index in [1.54, 1.807) is 9.80 Å². The van der Waals surface area contributed by atoms with E-state index in [0.29, 0.717) is 11.2 Å². The highest BCUT2D eigenvalue weighted by molar-refractivity contribution is 7.80. The molecule has 0 spiro atoms. The van der Waals surface area contributed by atoms with Crippen LogP contribution in [0, 0.1) is 0 Å². The Bertz CT molecular complexity index is 401. The number of ether oxygens (including phenoxy) is 1. The minimum Gasteiger partial charge on any atom is -0.398 e. The molecule has 0 radical (unpaired) electrons. The lowest BCUT2D eigenvalue weighted by Crippen LogP contribution is -2.32. The van der Waals surface area contributed by atoms with E-state index in [-0.39, 0.29) is 0 Å². The van der Waals surface area contributed by atoms with Gasteiger partial charge in [-0.2, -0.15) is 4.99 Å². The van der Waals surface area contributed by atoms with Gasteiger partial charge in [-0.1, -0.05) is 18.2 Å². The van der Waals surface area contributed by atoms with Crippen LogP contribution in [0.2, 0.25) is 0 Å². The number of hydrogen-bond acceptors (Lipinski definition) is 3. The Kier molecular flexibility index (Phi) is 4.90. The van der Waals surface area contributed by atoms with E-state index in [4.69, 9.17) is 17.0 Å². The van der Waals surface area contributed by atoms with E-state index in [0.717, 1.165) is 5.69 Å². The summed E-state index contributed by atoms with van der Waals surface area (Å²) in [6, 6.07) is 10.1. The van der Waals surface area contributed by atoms with E-state index in [1.807, 2.05) is 58.5 Å². The Balaban J connectivity index is 2.87. The number of nitrogens with zero attached hydrogens (tertiary/aromatic N) is 3. The van der Waals surface area contributed by atoms with Gasteiger partial charge in [0.25, 0.3) is 11.2 Å². The molecule has 0 aromatic heterocycles. The number of thiocarbonyl (C=S) groups is 1. The summed E-state index contributed by atoms with van der Waals surface area (Å²) >= 11 is 5.09. The third kappa shape index (κ3) is 4.40. The Labute approximate surface area is 108 Å². The van der Waals surface area contributed by atoms with Crippen LogP contribution in [0.15, 0.2) is 35.3 Å². The van der Waals surface area contributed by atoms with Crippen LogP contribution in [0.5, 0.6) is 0 Å². The van der Waals surface area contributed by atoms with Crippen LogP contribution in [0.1, 0.15) is 0 Å². The van der Waals surface area contributed by atoms with Gasteiger partial charge in [0.15, 0.2) is 0 Å². The summed E-state index contributed by atoms with van der Waals surface area (Å²) in [5.74, 6) is 0. The molecule has 17 heavy (non-hydrogen) atoms. The van der Waals surface area contributed by atoms with E-state index in [2.05, 4.69) is 4.99 Å². The molecule has 0 heterocycles. The van der Waals surface area contributed by atoms with Gasteiger partial charge in [-0.25, -0.2) is 0 Å². The second kappa shape index (κ2) is 6.20. The first-order chi connectivity index (χ1) is 8.00. The molecule has 0 bridgehead atoms. The molecule has 0 aliphatic heterocycles. The SMILES string of the molecule is CN(C)C(=S)OC(=Nc1ccccc1)N(C)C. The standard InChI is InChI=1S/C12H17N3OS/c1-14(2)11(16-12(17)15(3)4)13-10-8-6-5-7-9-10/h5-9H,1-4H3. The maximum absolute atomic E-state index is 5.51. The molecule has 0 aliphatic rings. The summed E-state index contributed by atoms with van der Waals surface area (Å²) in [5, 5.41) is 0.383. The molecular weight excluding hydrogens is 234 g/mol. The van der Waals surface area contributed by atoms with Gasteiger partial charge in [-0.3, -0.25) is 0 Å². The molecule has 1 aromatic carbocycles. The molecule has 1 aromatic rings. The summed E-state index contributed by atoms with van der Waals surface area (Å²) in [4.78, 5) is 7.89. The molecule has 1 rings (SSSR count). The zero-order valence-corrected chi connectivity index (χ0v) is 11.4. The van der Waals surface area contributed by atoms with Gasteiger partial charge in [0.2, 0.25) is 0 Å². The normalized spacial score (nSPS) is 10.9. The molecule has 0 saturated heterocycles. The first kappa shape index (κ1) is 13.4. The third-order valence-electron chi connectivity index (χ3n) is 1.91. The van der Waals surface area contributed by atoms with Gasteiger partial charge in [0, 0.05) is 28.2 Å². The highest BCUT2D eigenvalue weighted by atomic mass is 32.1. The lowest BCUT2D eigenvalue weighted by atomic mass is 10.3. The highest BCUT2D eigenvalue weighted by Gasteiger charge is 2.09. The average molecular weight is 251 g/mol. The first-order valence-electron chi connectivity index (χ1n) is 5.21. The molecule has 4 nitrogen and oxygen atoms in total. The van der Waals surface area contributed by atoms with Crippen LogP contribution in [-0.4, -0.2) is 49.2 Å². The van der Waals surface area contributed by atoms with E-state index < -0.39 is 0 Å². The van der Waals surface area contributed by atoms with Gasteiger partial charge in [0.1, 0.15) is 0 Å². The smallest absolute Gasteiger partial charge is 0.299 e. The average Bonchev–Trinajstić information content (AvgIpc) is 2.29. The van der Waals surface area contributed by atoms with Gasteiger partial charge in [-0.05, 0) is 24.4 Å². The predicted molar refractivity (Wildman–Crippen MR) is 74.6 cm³/mol. The van der Waals surface area contributed by atoms with E-state index >= 15 is 0 Å². The molecule has 0 aliphatic carbocycles.